The Bertz CT molecular complexity index is 308. The zero-order valence-electron chi connectivity index (χ0n) is 8.78. The third-order valence-corrected chi connectivity index (χ3v) is 4.08. The van der Waals surface area contributed by atoms with Crippen LogP contribution in [0.2, 0.25) is 0 Å². The van der Waals surface area contributed by atoms with Gasteiger partial charge in [-0.2, -0.15) is 5.10 Å². The van der Waals surface area contributed by atoms with Crippen LogP contribution >= 0.6 is 15.9 Å². The Morgan fingerprint density at radius 3 is 2.93 bits per heavy atom. The van der Waals surface area contributed by atoms with E-state index in [4.69, 9.17) is 0 Å². The first-order valence-electron chi connectivity index (χ1n) is 5.30. The molecule has 14 heavy (non-hydrogen) atoms. The lowest BCUT2D eigenvalue weighted by Crippen LogP contribution is -2.21. The van der Waals surface area contributed by atoms with Crippen LogP contribution in [0.5, 0.6) is 0 Å². The molecule has 1 heterocycles. The van der Waals surface area contributed by atoms with Gasteiger partial charge in [-0.1, -0.05) is 22.9 Å². The highest BCUT2D eigenvalue weighted by Gasteiger charge is 2.28. The van der Waals surface area contributed by atoms with E-state index >= 15 is 0 Å². The smallest absolute Gasteiger partial charge is 0.0658 e. The van der Waals surface area contributed by atoms with E-state index in [0.29, 0.717) is 10.7 Å². The van der Waals surface area contributed by atoms with Crippen molar-refractivity contribution >= 4 is 15.9 Å². The monoisotopic (exact) mass is 256 g/mol. The minimum absolute atomic E-state index is 0.648. The van der Waals surface area contributed by atoms with Gasteiger partial charge in [0.1, 0.15) is 0 Å². The highest BCUT2D eigenvalue weighted by molar-refractivity contribution is 9.09. The maximum atomic E-state index is 4.52. The average Bonchev–Trinajstić information content (AvgIpc) is 2.56. The third-order valence-electron chi connectivity index (χ3n) is 3.25. The standard InChI is InChI=1S/C11H17BrN2/c1-8-3-4-9(12)7-10(8)11-5-6-14(2)13-11/h5-6,8-10H,3-4,7H2,1-2H3. The first-order valence-corrected chi connectivity index (χ1v) is 6.22. The topological polar surface area (TPSA) is 17.8 Å². The fourth-order valence-corrected chi connectivity index (χ4v) is 2.98. The van der Waals surface area contributed by atoms with E-state index in [1.54, 1.807) is 0 Å². The zero-order chi connectivity index (χ0) is 10.1. The molecule has 3 atom stereocenters. The molecule has 0 aliphatic heterocycles. The SMILES string of the molecule is CC1CCC(Br)CC1c1ccn(C)n1. The summed E-state index contributed by atoms with van der Waals surface area (Å²) in [4.78, 5) is 0.686. The molecule has 0 aromatic carbocycles. The lowest BCUT2D eigenvalue weighted by atomic mass is 9.79. The molecule has 0 amide bonds. The molecule has 3 heteroatoms. The normalized spacial score (nSPS) is 33.2. The Morgan fingerprint density at radius 2 is 2.29 bits per heavy atom. The van der Waals surface area contributed by atoms with Crippen molar-refractivity contribution < 1.29 is 0 Å². The molecule has 0 spiro atoms. The summed E-state index contributed by atoms with van der Waals surface area (Å²) < 4.78 is 1.90. The van der Waals surface area contributed by atoms with Gasteiger partial charge in [0.25, 0.3) is 0 Å². The molecule has 78 valence electrons. The number of aryl methyl sites for hydroxylation is 1. The largest absolute Gasteiger partial charge is 0.276 e. The fraction of sp³-hybridized carbons (Fsp3) is 0.727. The molecule has 0 N–H and O–H groups in total. The molecule has 1 aliphatic rings. The van der Waals surface area contributed by atoms with Crippen LogP contribution < -0.4 is 0 Å². The summed E-state index contributed by atoms with van der Waals surface area (Å²) in [6, 6.07) is 2.16. The van der Waals surface area contributed by atoms with Crippen LogP contribution in [-0.2, 0) is 7.05 Å². The van der Waals surface area contributed by atoms with Gasteiger partial charge in [-0.15, -0.1) is 0 Å². The molecule has 1 saturated carbocycles. The zero-order valence-corrected chi connectivity index (χ0v) is 10.4. The Morgan fingerprint density at radius 1 is 1.50 bits per heavy atom. The molecule has 0 saturated heterocycles. The van der Waals surface area contributed by atoms with Gasteiger partial charge in [-0.25, -0.2) is 0 Å². The van der Waals surface area contributed by atoms with Gasteiger partial charge in [0, 0.05) is 24.0 Å². The highest BCUT2D eigenvalue weighted by atomic mass is 79.9. The molecule has 1 fully saturated rings. The van der Waals surface area contributed by atoms with Crippen molar-refractivity contribution in [1.29, 1.82) is 0 Å². The number of alkyl halides is 1. The molecular formula is C11H17BrN2. The minimum atomic E-state index is 0.648. The van der Waals surface area contributed by atoms with Crippen LogP contribution in [0.4, 0.5) is 0 Å². The Labute approximate surface area is 93.8 Å². The lowest BCUT2D eigenvalue weighted by Gasteiger charge is -2.30. The third kappa shape index (κ3) is 2.02. The number of aromatic nitrogens is 2. The number of halogens is 1. The Hall–Kier alpha value is -0.310. The highest BCUT2D eigenvalue weighted by Crippen LogP contribution is 2.39. The number of nitrogens with zero attached hydrogens (tertiary/aromatic N) is 2. The maximum absolute atomic E-state index is 4.52. The second-order valence-electron chi connectivity index (χ2n) is 4.41. The maximum Gasteiger partial charge on any atom is 0.0658 e. The van der Waals surface area contributed by atoms with Gasteiger partial charge in [0.2, 0.25) is 0 Å². The van der Waals surface area contributed by atoms with Crippen LogP contribution in [0.25, 0.3) is 0 Å². The summed E-state index contributed by atoms with van der Waals surface area (Å²) in [5.74, 6) is 1.42. The number of hydrogen-bond acceptors (Lipinski definition) is 1. The first-order chi connectivity index (χ1) is 6.66. The predicted octanol–water partition coefficient (Wildman–Crippen LogP) is 3.09. The van der Waals surface area contributed by atoms with Gasteiger partial charge in [-0.3, -0.25) is 4.68 Å². The summed E-state index contributed by atoms with van der Waals surface area (Å²) >= 11 is 3.73. The van der Waals surface area contributed by atoms with Gasteiger partial charge in [0.05, 0.1) is 5.69 Å². The van der Waals surface area contributed by atoms with Crippen molar-refractivity contribution in [3.63, 3.8) is 0 Å². The summed E-state index contributed by atoms with van der Waals surface area (Å²) in [5.41, 5.74) is 1.27. The van der Waals surface area contributed by atoms with Gasteiger partial charge < -0.3 is 0 Å². The van der Waals surface area contributed by atoms with E-state index in [-0.39, 0.29) is 0 Å². The second kappa shape index (κ2) is 4.05. The van der Waals surface area contributed by atoms with Crippen molar-refractivity contribution in [1.82, 2.24) is 9.78 Å². The van der Waals surface area contributed by atoms with E-state index in [0.717, 1.165) is 5.92 Å². The summed E-state index contributed by atoms with van der Waals surface area (Å²) in [5, 5.41) is 4.52. The molecule has 0 bridgehead atoms. The van der Waals surface area contributed by atoms with Gasteiger partial charge >= 0.3 is 0 Å². The lowest BCUT2D eigenvalue weighted by molar-refractivity contribution is 0.333. The van der Waals surface area contributed by atoms with E-state index in [2.05, 4.69) is 34.0 Å². The van der Waals surface area contributed by atoms with E-state index in [1.165, 1.54) is 25.0 Å². The van der Waals surface area contributed by atoms with Crippen LogP contribution in [0.3, 0.4) is 0 Å². The quantitative estimate of drug-likeness (QED) is 0.707. The van der Waals surface area contributed by atoms with Crippen molar-refractivity contribution in [3.05, 3.63) is 18.0 Å². The number of hydrogen-bond donors (Lipinski definition) is 0. The van der Waals surface area contributed by atoms with Crippen molar-refractivity contribution in [2.75, 3.05) is 0 Å². The second-order valence-corrected chi connectivity index (χ2v) is 5.70. The van der Waals surface area contributed by atoms with Gasteiger partial charge in [0.15, 0.2) is 0 Å². The molecule has 1 aliphatic carbocycles. The number of rotatable bonds is 1. The van der Waals surface area contributed by atoms with E-state index in [9.17, 15) is 0 Å². The Balaban J connectivity index is 2.15. The average molecular weight is 257 g/mol. The fourth-order valence-electron chi connectivity index (χ4n) is 2.31. The predicted molar refractivity (Wildman–Crippen MR) is 61.7 cm³/mol. The molecule has 2 nitrogen and oxygen atoms in total. The van der Waals surface area contributed by atoms with E-state index in [1.807, 2.05) is 17.9 Å². The van der Waals surface area contributed by atoms with Crippen LogP contribution in [0, 0.1) is 5.92 Å². The van der Waals surface area contributed by atoms with E-state index < -0.39 is 0 Å². The van der Waals surface area contributed by atoms with Crippen molar-refractivity contribution in [2.45, 2.75) is 36.9 Å². The molecule has 0 radical (unpaired) electrons. The molecular weight excluding hydrogens is 240 g/mol. The molecule has 1 aromatic heterocycles. The van der Waals surface area contributed by atoms with Crippen LogP contribution in [0.1, 0.15) is 37.8 Å². The Kier molecular flexibility index (Phi) is 2.96. The molecule has 1 aromatic rings. The van der Waals surface area contributed by atoms with Crippen molar-refractivity contribution in [3.8, 4) is 0 Å². The molecule has 3 unspecified atom stereocenters. The van der Waals surface area contributed by atoms with Crippen LogP contribution in [0.15, 0.2) is 12.3 Å². The first kappa shape index (κ1) is 10.2. The van der Waals surface area contributed by atoms with Crippen LogP contribution in [-0.4, -0.2) is 14.6 Å². The molecule has 2 rings (SSSR count). The van der Waals surface area contributed by atoms with Crippen molar-refractivity contribution in [2.24, 2.45) is 13.0 Å². The minimum Gasteiger partial charge on any atom is -0.276 e. The summed E-state index contributed by atoms with van der Waals surface area (Å²) in [6.45, 7) is 2.35. The summed E-state index contributed by atoms with van der Waals surface area (Å²) in [6.07, 6.45) is 5.90. The summed E-state index contributed by atoms with van der Waals surface area (Å²) in [7, 11) is 1.99. The van der Waals surface area contributed by atoms with Gasteiger partial charge in [-0.05, 0) is 31.2 Å².